The third-order valence-electron chi connectivity index (χ3n) is 4.25. The van der Waals surface area contributed by atoms with E-state index in [0.717, 1.165) is 45.0 Å². The number of nitro benzene ring substituents is 1. The molecule has 7 heteroatoms. The van der Waals surface area contributed by atoms with Crippen LogP contribution >= 0.6 is 0 Å². The highest BCUT2D eigenvalue weighted by Gasteiger charge is 2.31. The zero-order valence-electron chi connectivity index (χ0n) is 11.7. The first kappa shape index (κ1) is 13.8. The summed E-state index contributed by atoms with van der Waals surface area (Å²) < 4.78 is 0. The Labute approximate surface area is 122 Å². The van der Waals surface area contributed by atoms with Crippen LogP contribution < -0.4 is 5.32 Å². The number of nitro groups is 1. The molecule has 3 aliphatic heterocycles. The van der Waals surface area contributed by atoms with E-state index in [2.05, 4.69) is 15.1 Å². The number of anilines is 1. The smallest absolute Gasteiger partial charge is 0.287 e. The topological polar surface area (TPSA) is 85.4 Å². The molecule has 3 aliphatic rings. The molecule has 1 N–H and O–H groups in total. The van der Waals surface area contributed by atoms with E-state index in [4.69, 9.17) is 5.26 Å². The lowest BCUT2D eigenvalue weighted by atomic mass is 10.1. The molecule has 1 atom stereocenters. The Kier molecular flexibility index (Phi) is 3.73. The largest absolute Gasteiger partial charge is 0.383 e. The maximum atomic E-state index is 10.8. The Morgan fingerprint density at radius 1 is 1.38 bits per heavy atom. The van der Waals surface area contributed by atoms with Crippen molar-refractivity contribution >= 4 is 11.4 Å². The quantitative estimate of drug-likeness (QED) is 0.653. The molecule has 0 radical (unpaired) electrons. The summed E-state index contributed by atoms with van der Waals surface area (Å²) >= 11 is 0. The summed E-state index contributed by atoms with van der Waals surface area (Å²) in [5, 5.41) is 23.1. The molecular weight excluding hydrogens is 270 g/mol. The van der Waals surface area contributed by atoms with Crippen LogP contribution in [0.1, 0.15) is 5.56 Å². The van der Waals surface area contributed by atoms with Crippen molar-refractivity contribution in [1.82, 2.24) is 9.80 Å². The molecular formula is C14H17N5O2. The van der Waals surface area contributed by atoms with Gasteiger partial charge in [-0.1, -0.05) is 0 Å². The fourth-order valence-electron chi connectivity index (χ4n) is 3.05. The van der Waals surface area contributed by atoms with E-state index < -0.39 is 4.92 Å². The van der Waals surface area contributed by atoms with Gasteiger partial charge in [0.2, 0.25) is 0 Å². The minimum Gasteiger partial charge on any atom is -0.383 e. The molecule has 7 nitrogen and oxygen atoms in total. The fourth-order valence-corrected chi connectivity index (χ4v) is 3.05. The van der Waals surface area contributed by atoms with E-state index in [0.29, 0.717) is 6.04 Å². The van der Waals surface area contributed by atoms with Crippen molar-refractivity contribution in [3.8, 4) is 6.07 Å². The van der Waals surface area contributed by atoms with Crippen LogP contribution in [0.4, 0.5) is 11.4 Å². The van der Waals surface area contributed by atoms with E-state index in [1.807, 2.05) is 6.07 Å². The molecule has 21 heavy (non-hydrogen) atoms. The predicted molar refractivity (Wildman–Crippen MR) is 78.1 cm³/mol. The number of nitriles is 1. The van der Waals surface area contributed by atoms with Crippen LogP contribution in [-0.4, -0.2) is 60.0 Å². The van der Waals surface area contributed by atoms with Crippen molar-refractivity contribution in [1.29, 1.82) is 5.26 Å². The summed E-state index contributed by atoms with van der Waals surface area (Å²) in [5.74, 6) is 0. The van der Waals surface area contributed by atoms with Gasteiger partial charge in [0.25, 0.3) is 5.69 Å². The van der Waals surface area contributed by atoms with Crippen LogP contribution in [0.2, 0.25) is 0 Å². The van der Waals surface area contributed by atoms with E-state index in [1.165, 1.54) is 6.07 Å². The van der Waals surface area contributed by atoms with Crippen LogP contribution in [0.15, 0.2) is 18.2 Å². The van der Waals surface area contributed by atoms with Gasteiger partial charge in [-0.05, 0) is 12.1 Å². The molecule has 3 heterocycles. The summed E-state index contributed by atoms with van der Waals surface area (Å²) in [6.07, 6.45) is 0. The Bertz CT molecular complexity index is 590. The van der Waals surface area contributed by atoms with Crippen molar-refractivity contribution < 1.29 is 4.92 Å². The van der Waals surface area contributed by atoms with Gasteiger partial charge in [-0.2, -0.15) is 5.26 Å². The van der Waals surface area contributed by atoms with Crippen LogP contribution in [0.25, 0.3) is 0 Å². The van der Waals surface area contributed by atoms with Crippen LogP contribution in [0.3, 0.4) is 0 Å². The van der Waals surface area contributed by atoms with Crippen molar-refractivity contribution in [3.63, 3.8) is 0 Å². The molecule has 3 saturated heterocycles. The minimum atomic E-state index is -0.526. The molecule has 0 spiro atoms. The van der Waals surface area contributed by atoms with E-state index >= 15 is 0 Å². The normalized spacial score (nSPS) is 27.1. The third kappa shape index (κ3) is 2.82. The fraction of sp³-hybridized carbons (Fsp3) is 0.500. The second kappa shape index (κ2) is 5.68. The Morgan fingerprint density at radius 2 is 2.14 bits per heavy atom. The van der Waals surface area contributed by atoms with Gasteiger partial charge < -0.3 is 5.32 Å². The molecule has 1 unspecified atom stereocenters. The highest BCUT2D eigenvalue weighted by atomic mass is 16.6. The lowest BCUT2D eigenvalue weighted by molar-refractivity contribution is -0.385. The maximum Gasteiger partial charge on any atom is 0.287 e. The second-order valence-electron chi connectivity index (χ2n) is 5.47. The standard InChI is InChI=1S/C14H17N5O2/c15-8-11-7-12(1-2-14(11)19(20)21)16-9-13-10-17-3-5-18(13)6-4-17/h1-2,7,13,16H,3-6,9-10H2. The van der Waals surface area contributed by atoms with Gasteiger partial charge in [0, 0.05) is 57.1 Å². The number of rotatable bonds is 4. The van der Waals surface area contributed by atoms with Crippen LogP contribution in [-0.2, 0) is 0 Å². The van der Waals surface area contributed by atoms with Gasteiger partial charge in [-0.3, -0.25) is 19.9 Å². The average Bonchev–Trinajstić information content (AvgIpc) is 2.53. The Balaban J connectivity index is 1.66. The number of fused-ring (bicyclic) bond motifs is 3. The molecule has 110 valence electrons. The number of benzene rings is 1. The molecule has 1 aromatic rings. The van der Waals surface area contributed by atoms with Gasteiger partial charge in [0.1, 0.15) is 11.6 Å². The zero-order valence-corrected chi connectivity index (χ0v) is 11.7. The molecule has 0 aromatic heterocycles. The first-order chi connectivity index (χ1) is 10.2. The summed E-state index contributed by atoms with van der Waals surface area (Å²) in [4.78, 5) is 15.2. The van der Waals surface area contributed by atoms with Gasteiger partial charge >= 0.3 is 0 Å². The first-order valence-corrected chi connectivity index (χ1v) is 7.06. The number of piperazine rings is 3. The van der Waals surface area contributed by atoms with E-state index in [9.17, 15) is 10.1 Å². The highest BCUT2D eigenvalue weighted by molar-refractivity contribution is 5.58. The van der Waals surface area contributed by atoms with E-state index in [1.54, 1.807) is 12.1 Å². The van der Waals surface area contributed by atoms with Crippen molar-refractivity contribution in [3.05, 3.63) is 33.9 Å². The molecule has 0 saturated carbocycles. The zero-order chi connectivity index (χ0) is 14.8. The molecule has 1 aromatic carbocycles. The SMILES string of the molecule is N#Cc1cc(NCC2CN3CCN2CC3)ccc1[N+](=O)[O-]. The van der Waals surface area contributed by atoms with Gasteiger partial charge in [0.05, 0.1) is 4.92 Å². The van der Waals surface area contributed by atoms with Gasteiger partial charge in [-0.25, -0.2) is 0 Å². The number of nitrogens with one attached hydrogen (secondary N) is 1. The molecule has 3 fully saturated rings. The molecule has 0 aliphatic carbocycles. The monoisotopic (exact) mass is 287 g/mol. The van der Waals surface area contributed by atoms with Gasteiger partial charge in [0.15, 0.2) is 0 Å². The Morgan fingerprint density at radius 3 is 2.71 bits per heavy atom. The summed E-state index contributed by atoms with van der Waals surface area (Å²) in [5.41, 5.74) is 0.712. The molecule has 4 rings (SSSR count). The van der Waals surface area contributed by atoms with Crippen molar-refractivity contribution in [2.45, 2.75) is 6.04 Å². The summed E-state index contributed by atoms with van der Waals surface area (Å²) in [7, 11) is 0. The number of hydrogen-bond acceptors (Lipinski definition) is 6. The Hall–Kier alpha value is -2.17. The average molecular weight is 287 g/mol. The van der Waals surface area contributed by atoms with Crippen molar-refractivity contribution in [2.24, 2.45) is 0 Å². The van der Waals surface area contributed by atoms with Gasteiger partial charge in [-0.15, -0.1) is 0 Å². The summed E-state index contributed by atoms with van der Waals surface area (Å²) in [6.45, 7) is 6.36. The predicted octanol–water partition coefficient (Wildman–Crippen LogP) is 0.878. The van der Waals surface area contributed by atoms with Crippen LogP contribution in [0, 0.1) is 21.4 Å². The van der Waals surface area contributed by atoms with Crippen molar-refractivity contribution in [2.75, 3.05) is 44.6 Å². The molecule has 0 amide bonds. The third-order valence-corrected chi connectivity index (χ3v) is 4.25. The summed E-state index contributed by atoms with van der Waals surface area (Å²) in [6, 6.07) is 6.95. The highest BCUT2D eigenvalue weighted by Crippen LogP contribution is 2.22. The van der Waals surface area contributed by atoms with E-state index in [-0.39, 0.29) is 11.3 Å². The minimum absolute atomic E-state index is 0.0965. The molecule has 2 bridgehead atoms. The second-order valence-corrected chi connectivity index (χ2v) is 5.47. The first-order valence-electron chi connectivity index (χ1n) is 7.06. The lowest BCUT2D eigenvalue weighted by Gasteiger charge is -2.47. The number of nitrogens with zero attached hydrogens (tertiary/aromatic N) is 4. The number of hydrogen-bond donors (Lipinski definition) is 1. The van der Waals surface area contributed by atoms with Crippen LogP contribution in [0.5, 0.6) is 0 Å². The lowest BCUT2D eigenvalue weighted by Crippen LogP contribution is -2.62. The maximum absolute atomic E-state index is 10.8.